The molecule has 1 heteroatoms. The Morgan fingerprint density at radius 3 is 1.58 bits per heavy atom. The maximum Gasteiger partial charge on any atom is 0.00708 e. The molecule has 0 aliphatic rings. The first-order chi connectivity index (χ1) is 9.29. The van der Waals surface area contributed by atoms with Gasteiger partial charge in [0.25, 0.3) is 0 Å². The van der Waals surface area contributed by atoms with Crippen molar-refractivity contribution in [3.63, 3.8) is 0 Å². The lowest BCUT2D eigenvalue weighted by Gasteiger charge is -2.23. The van der Waals surface area contributed by atoms with Crippen molar-refractivity contribution < 1.29 is 0 Å². The quantitative estimate of drug-likeness (QED) is 0.832. The molecule has 2 aromatic rings. The summed E-state index contributed by atoms with van der Waals surface area (Å²) in [7, 11) is 0. The van der Waals surface area contributed by atoms with Crippen LogP contribution in [-0.4, -0.2) is 6.04 Å². The Hall–Kier alpha value is -1.60. The van der Waals surface area contributed by atoms with Crippen molar-refractivity contribution in [3.05, 3.63) is 71.8 Å². The maximum atomic E-state index is 6.31. The van der Waals surface area contributed by atoms with E-state index < -0.39 is 0 Å². The molecule has 0 aliphatic heterocycles. The van der Waals surface area contributed by atoms with Gasteiger partial charge in [-0.3, -0.25) is 0 Å². The van der Waals surface area contributed by atoms with Crippen LogP contribution in [0.2, 0.25) is 0 Å². The lowest BCUT2D eigenvalue weighted by Crippen LogP contribution is -2.32. The van der Waals surface area contributed by atoms with Gasteiger partial charge in [-0.1, -0.05) is 67.6 Å². The van der Waals surface area contributed by atoms with E-state index >= 15 is 0 Å². The van der Waals surface area contributed by atoms with Crippen LogP contribution >= 0.6 is 0 Å². The Morgan fingerprint density at radius 1 is 0.789 bits per heavy atom. The first-order valence-electron chi connectivity index (χ1n) is 7.13. The van der Waals surface area contributed by atoms with Crippen LogP contribution in [0.15, 0.2) is 60.7 Å². The monoisotopic (exact) mass is 253 g/mol. The molecule has 0 saturated heterocycles. The zero-order valence-electron chi connectivity index (χ0n) is 11.6. The highest BCUT2D eigenvalue weighted by molar-refractivity contribution is 5.19. The molecule has 0 saturated carbocycles. The van der Waals surface area contributed by atoms with Crippen LogP contribution in [0.4, 0.5) is 0 Å². The van der Waals surface area contributed by atoms with Gasteiger partial charge in [0.1, 0.15) is 0 Å². The Kier molecular flexibility index (Phi) is 5.17. The fourth-order valence-electron chi connectivity index (χ4n) is 2.54. The van der Waals surface area contributed by atoms with Crippen molar-refractivity contribution in [2.75, 3.05) is 0 Å². The second-order valence-electron chi connectivity index (χ2n) is 5.21. The molecule has 100 valence electrons. The number of benzene rings is 2. The van der Waals surface area contributed by atoms with E-state index in [1.54, 1.807) is 0 Å². The molecule has 1 nitrogen and oxygen atoms in total. The van der Waals surface area contributed by atoms with Gasteiger partial charge in [-0.25, -0.2) is 0 Å². The molecule has 1 unspecified atom stereocenters. The van der Waals surface area contributed by atoms with Crippen molar-refractivity contribution >= 4 is 0 Å². The molecule has 19 heavy (non-hydrogen) atoms. The lowest BCUT2D eigenvalue weighted by atomic mass is 9.86. The summed E-state index contributed by atoms with van der Waals surface area (Å²) in [5.41, 5.74) is 9.08. The van der Waals surface area contributed by atoms with E-state index in [-0.39, 0.29) is 6.04 Å². The molecule has 0 amide bonds. The molecule has 2 aromatic carbocycles. The largest absolute Gasteiger partial charge is 0.327 e. The molecule has 0 radical (unpaired) electrons. The third-order valence-electron chi connectivity index (χ3n) is 3.76. The van der Waals surface area contributed by atoms with Crippen molar-refractivity contribution in [3.8, 4) is 0 Å². The first-order valence-corrected chi connectivity index (χ1v) is 7.13. The average molecular weight is 253 g/mol. The standard InChI is InChI=1S/C18H23N/c1-2-18(19)17(13-15-9-5-3-6-10-15)14-16-11-7-4-8-12-16/h3-12,17-18H,2,13-14,19H2,1H3. The minimum atomic E-state index is 0.264. The van der Waals surface area contributed by atoms with Crippen molar-refractivity contribution in [1.82, 2.24) is 0 Å². The van der Waals surface area contributed by atoms with E-state index in [1.807, 2.05) is 0 Å². The average Bonchev–Trinajstić information content (AvgIpc) is 2.48. The van der Waals surface area contributed by atoms with Crippen LogP contribution in [0.25, 0.3) is 0 Å². The summed E-state index contributed by atoms with van der Waals surface area (Å²) >= 11 is 0. The first kappa shape index (κ1) is 13.8. The zero-order chi connectivity index (χ0) is 13.5. The Labute approximate surface area is 116 Å². The van der Waals surface area contributed by atoms with Crippen molar-refractivity contribution in [2.24, 2.45) is 11.7 Å². The molecular weight excluding hydrogens is 230 g/mol. The molecule has 0 aromatic heterocycles. The molecular formula is C18H23N. The molecule has 2 N–H and O–H groups in total. The number of rotatable bonds is 6. The SMILES string of the molecule is CCC(N)C(Cc1ccccc1)Cc1ccccc1. The molecule has 0 spiro atoms. The fourth-order valence-corrected chi connectivity index (χ4v) is 2.54. The van der Waals surface area contributed by atoms with Gasteiger partial charge in [-0.05, 0) is 36.3 Å². The Balaban J connectivity index is 2.08. The van der Waals surface area contributed by atoms with Crippen molar-refractivity contribution in [2.45, 2.75) is 32.2 Å². The van der Waals surface area contributed by atoms with Crippen LogP contribution in [0.3, 0.4) is 0 Å². The normalized spacial score (nSPS) is 12.6. The molecule has 0 aliphatic carbocycles. The van der Waals surface area contributed by atoms with Crippen LogP contribution in [-0.2, 0) is 12.8 Å². The number of hydrogen-bond donors (Lipinski definition) is 1. The smallest absolute Gasteiger partial charge is 0.00708 e. The highest BCUT2D eigenvalue weighted by Crippen LogP contribution is 2.18. The van der Waals surface area contributed by atoms with Gasteiger partial charge in [0, 0.05) is 6.04 Å². The number of nitrogens with two attached hydrogens (primary N) is 1. The van der Waals surface area contributed by atoms with E-state index in [9.17, 15) is 0 Å². The highest BCUT2D eigenvalue weighted by Gasteiger charge is 2.17. The summed E-state index contributed by atoms with van der Waals surface area (Å²) in [5.74, 6) is 0.509. The molecule has 2 rings (SSSR count). The molecule has 0 heterocycles. The van der Waals surface area contributed by atoms with E-state index in [4.69, 9.17) is 5.73 Å². The summed E-state index contributed by atoms with van der Waals surface area (Å²) in [6, 6.07) is 21.6. The van der Waals surface area contributed by atoms with Gasteiger partial charge in [-0.2, -0.15) is 0 Å². The molecule has 0 fully saturated rings. The topological polar surface area (TPSA) is 26.0 Å². The third kappa shape index (κ3) is 4.22. The lowest BCUT2D eigenvalue weighted by molar-refractivity contribution is 0.405. The minimum absolute atomic E-state index is 0.264. The molecule has 1 atom stereocenters. The minimum Gasteiger partial charge on any atom is -0.327 e. The van der Waals surface area contributed by atoms with Crippen molar-refractivity contribution in [1.29, 1.82) is 0 Å². The van der Waals surface area contributed by atoms with Crippen LogP contribution in [0, 0.1) is 5.92 Å². The maximum absolute atomic E-state index is 6.31. The van der Waals surface area contributed by atoms with Crippen LogP contribution in [0.1, 0.15) is 24.5 Å². The Bertz CT molecular complexity index is 422. The summed E-state index contributed by atoms with van der Waals surface area (Å²) in [6.45, 7) is 2.17. The van der Waals surface area contributed by atoms with E-state index in [1.165, 1.54) is 11.1 Å². The van der Waals surface area contributed by atoms with Gasteiger partial charge in [0.15, 0.2) is 0 Å². The van der Waals surface area contributed by atoms with E-state index in [0.717, 1.165) is 19.3 Å². The summed E-state index contributed by atoms with van der Waals surface area (Å²) in [6.07, 6.45) is 3.15. The van der Waals surface area contributed by atoms with E-state index in [2.05, 4.69) is 67.6 Å². The summed E-state index contributed by atoms with van der Waals surface area (Å²) in [4.78, 5) is 0. The second-order valence-corrected chi connectivity index (χ2v) is 5.21. The zero-order valence-corrected chi connectivity index (χ0v) is 11.6. The summed E-state index contributed by atoms with van der Waals surface area (Å²) < 4.78 is 0. The van der Waals surface area contributed by atoms with Gasteiger partial charge < -0.3 is 5.73 Å². The van der Waals surface area contributed by atoms with Gasteiger partial charge in [0.2, 0.25) is 0 Å². The van der Waals surface area contributed by atoms with Gasteiger partial charge >= 0.3 is 0 Å². The second kappa shape index (κ2) is 7.10. The third-order valence-corrected chi connectivity index (χ3v) is 3.76. The van der Waals surface area contributed by atoms with Gasteiger partial charge in [-0.15, -0.1) is 0 Å². The predicted octanol–water partition coefficient (Wildman–Crippen LogP) is 3.83. The predicted molar refractivity (Wildman–Crippen MR) is 82.0 cm³/mol. The van der Waals surface area contributed by atoms with Gasteiger partial charge in [0.05, 0.1) is 0 Å². The van der Waals surface area contributed by atoms with Crippen LogP contribution < -0.4 is 5.73 Å². The Morgan fingerprint density at radius 2 is 1.21 bits per heavy atom. The highest BCUT2D eigenvalue weighted by atomic mass is 14.6. The molecule has 0 bridgehead atoms. The van der Waals surface area contributed by atoms with E-state index in [0.29, 0.717) is 5.92 Å². The summed E-state index contributed by atoms with van der Waals surface area (Å²) in [5, 5.41) is 0. The fraction of sp³-hybridized carbons (Fsp3) is 0.333. The van der Waals surface area contributed by atoms with Crippen LogP contribution in [0.5, 0.6) is 0 Å². The number of hydrogen-bond acceptors (Lipinski definition) is 1.